The van der Waals surface area contributed by atoms with Gasteiger partial charge >= 0.3 is 11.8 Å². The number of carbonyl (C=O) groups is 3. The van der Waals surface area contributed by atoms with Gasteiger partial charge in [0, 0.05) is 43.7 Å². The van der Waals surface area contributed by atoms with E-state index >= 15 is 0 Å². The van der Waals surface area contributed by atoms with Crippen LogP contribution in [0.3, 0.4) is 0 Å². The number of rotatable bonds is 3. The van der Waals surface area contributed by atoms with Crippen LogP contribution < -0.4 is 4.74 Å². The van der Waals surface area contributed by atoms with Crippen molar-refractivity contribution >= 4 is 33.7 Å². The number of piperazine rings is 1. The Hall–Kier alpha value is -2.09. The molecule has 2 aliphatic rings. The molecule has 2 aliphatic heterocycles. The van der Waals surface area contributed by atoms with Crippen molar-refractivity contribution in [2.24, 2.45) is 0 Å². The maximum atomic E-state index is 13.0. The van der Waals surface area contributed by atoms with Gasteiger partial charge in [0.05, 0.1) is 11.7 Å². The highest BCUT2D eigenvalue weighted by Crippen LogP contribution is 2.26. The largest absolute Gasteiger partial charge is 0.490 e. The number of hydrogen-bond donors (Lipinski definition) is 0. The minimum absolute atomic E-state index is 0.0491. The molecular weight excluding hydrogens is 426 g/mol. The zero-order valence-corrected chi connectivity index (χ0v) is 17.9. The van der Waals surface area contributed by atoms with Crippen molar-refractivity contribution in [3.63, 3.8) is 0 Å². The first-order chi connectivity index (χ1) is 13.4. The molecule has 3 rings (SSSR count). The Morgan fingerprint density at radius 1 is 0.893 bits per heavy atom. The summed E-state index contributed by atoms with van der Waals surface area (Å²) >= 11 is 3.41. The fraction of sp³-hybridized carbons (Fsp3) is 0.550. The molecule has 152 valence electrons. The first-order valence-electron chi connectivity index (χ1n) is 9.70. The highest BCUT2D eigenvalue weighted by molar-refractivity contribution is 9.10. The van der Waals surface area contributed by atoms with E-state index in [2.05, 4.69) is 15.9 Å². The van der Waals surface area contributed by atoms with E-state index in [1.165, 1.54) is 0 Å². The van der Waals surface area contributed by atoms with Gasteiger partial charge in [-0.3, -0.25) is 14.4 Å². The Morgan fingerprint density at radius 3 is 2.00 bits per heavy atom. The normalized spacial score (nSPS) is 17.2. The summed E-state index contributed by atoms with van der Waals surface area (Å²) in [5.74, 6) is -0.461. The molecule has 3 amide bonds. The fourth-order valence-corrected chi connectivity index (χ4v) is 3.84. The zero-order valence-electron chi connectivity index (χ0n) is 16.3. The van der Waals surface area contributed by atoms with Crippen molar-refractivity contribution in [1.82, 2.24) is 14.7 Å². The lowest BCUT2D eigenvalue weighted by atomic mass is 10.1. The number of nitrogens with zero attached hydrogens (tertiary/aromatic N) is 3. The maximum absolute atomic E-state index is 13.0. The Bertz CT molecular complexity index is 754. The molecule has 0 bridgehead atoms. The average molecular weight is 452 g/mol. The summed E-state index contributed by atoms with van der Waals surface area (Å²) < 4.78 is 6.64. The molecule has 1 aromatic carbocycles. The summed E-state index contributed by atoms with van der Waals surface area (Å²) in [5.41, 5.74) is 0.504. The molecule has 0 saturated carbocycles. The Balaban J connectivity index is 1.62. The SMILES string of the molecule is CC(C)Oc1cc(Br)ccc1C(=O)N1CCN(C(=O)C(=O)N2CCCC2)CC1. The minimum Gasteiger partial charge on any atom is -0.490 e. The maximum Gasteiger partial charge on any atom is 0.312 e. The van der Waals surface area contributed by atoms with Gasteiger partial charge in [0.1, 0.15) is 5.75 Å². The van der Waals surface area contributed by atoms with Gasteiger partial charge in [0.2, 0.25) is 0 Å². The Kier molecular flexibility index (Phi) is 6.59. The molecule has 1 aromatic rings. The van der Waals surface area contributed by atoms with E-state index in [1.54, 1.807) is 26.8 Å². The third-order valence-electron chi connectivity index (χ3n) is 4.97. The smallest absolute Gasteiger partial charge is 0.312 e. The monoisotopic (exact) mass is 451 g/mol. The van der Waals surface area contributed by atoms with Gasteiger partial charge in [0.15, 0.2) is 0 Å². The van der Waals surface area contributed by atoms with Gasteiger partial charge in [-0.15, -0.1) is 0 Å². The topological polar surface area (TPSA) is 70.2 Å². The Labute approximate surface area is 173 Å². The molecule has 2 heterocycles. The van der Waals surface area contributed by atoms with Crippen LogP contribution in [-0.4, -0.2) is 77.8 Å². The molecule has 2 fully saturated rings. The zero-order chi connectivity index (χ0) is 20.3. The van der Waals surface area contributed by atoms with E-state index in [0.717, 1.165) is 17.3 Å². The molecule has 0 radical (unpaired) electrons. The number of benzene rings is 1. The molecule has 7 nitrogen and oxygen atoms in total. The van der Waals surface area contributed by atoms with E-state index in [4.69, 9.17) is 4.74 Å². The molecule has 0 spiro atoms. The quantitative estimate of drug-likeness (QED) is 0.660. The Morgan fingerprint density at radius 2 is 1.43 bits per heavy atom. The van der Waals surface area contributed by atoms with Crippen LogP contribution in [0.15, 0.2) is 22.7 Å². The fourth-order valence-electron chi connectivity index (χ4n) is 3.50. The molecule has 0 unspecified atom stereocenters. The number of carbonyl (C=O) groups excluding carboxylic acids is 3. The lowest BCUT2D eigenvalue weighted by Gasteiger charge is -2.35. The van der Waals surface area contributed by atoms with Crippen LogP contribution in [0.2, 0.25) is 0 Å². The van der Waals surface area contributed by atoms with Gasteiger partial charge in [-0.1, -0.05) is 15.9 Å². The summed E-state index contributed by atoms with van der Waals surface area (Å²) in [5, 5.41) is 0. The molecule has 0 aromatic heterocycles. The first-order valence-corrected chi connectivity index (χ1v) is 10.5. The molecule has 2 saturated heterocycles. The van der Waals surface area contributed by atoms with Crippen molar-refractivity contribution in [3.05, 3.63) is 28.2 Å². The number of halogens is 1. The summed E-state index contributed by atoms with van der Waals surface area (Å²) in [6.07, 6.45) is 1.86. The second-order valence-corrected chi connectivity index (χ2v) is 8.31. The van der Waals surface area contributed by atoms with Gasteiger partial charge in [-0.2, -0.15) is 0 Å². The summed E-state index contributed by atoms with van der Waals surface area (Å²) in [6.45, 7) is 6.66. The van der Waals surface area contributed by atoms with Crippen molar-refractivity contribution in [3.8, 4) is 5.75 Å². The lowest BCUT2D eigenvalue weighted by Crippen LogP contribution is -2.54. The van der Waals surface area contributed by atoms with Crippen LogP contribution in [0.25, 0.3) is 0 Å². The van der Waals surface area contributed by atoms with E-state index in [1.807, 2.05) is 19.9 Å². The van der Waals surface area contributed by atoms with E-state index in [-0.39, 0.29) is 12.0 Å². The van der Waals surface area contributed by atoms with E-state index in [0.29, 0.717) is 50.6 Å². The average Bonchev–Trinajstić information content (AvgIpc) is 3.21. The molecule has 0 atom stereocenters. The number of amides is 3. The summed E-state index contributed by atoms with van der Waals surface area (Å²) in [4.78, 5) is 42.6. The van der Waals surface area contributed by atoms with Gasteiger partial charge < -0.3 is 19.4 Å². The summed E-state index contributed by atoms with van der Waals surface area (Å²) in [6, 6.07) is 5.36. The van der Waals surface area contributed by atoms with E-state index < -0.39 is 11.8 Å². The van der Waals surface area contributed by atoms with E-state index in [9.17, 15) is 14.4 Å². The number of likely N-dealkylation sites (tertiary alicyclic amines) is 1. The second kappa shape index (κ2) is 8.94. The highest BCUT2D eigenvalue weighted by atomic mass is 79.9. The van der Waals surface area contributed by atoms with Gasteiger partial charge in [0.25, 0.3) is 5.91 Å². The molecule has 28 heavy (non-hydrogen) atoms. The van der Waals surface area contributed by atoms with Crippen molar-refractivity contribution in [1.29, 1.82) is 0 Å². The number of ether oxygens (including phenoxy) is 1. The standard InChI is InChI=1S/C20H26BrN3O4/c1-14(2)28-17-13-15(21)5-6-16(17)18(25)23-9-11-24(12-10-23)20(27)19(26)22-7-3-4-8-22/h5-6,13-14H,3-4,7-12H2,1-2H3. The third kappa shape index (κ3) is 4.66. The lowest BCUT2D eigenvalue weighted by molar-refractivity contribution is -0.152. The van der Waals surface area contributed by atoms with Crippen LogP contribution in [0.1, 0.15) is 37.0 Å². The highest BCUT2D eigenvalue weighted by Gasteiger charge is 2.32. The van der Waals surface area contributed by atoms with Crippen molar-refractivity contribution < 1.29 is 19.1 Å². The van der Waals surface area contributed by atoms with Crippen LogP contribution in [0, 0.1) is 0 Å². The molecule has 8 heteroatoms. The molecular formula is C20H26BrN3O4. The third-order valence-corrected chi connectivity index (χ3v) is 5.46. The van der Waals surface area contributed by atoms with Crippen molar-refractivity contribution in [2.45, 2.75) is 32.8 Å². The predicted molar refractivity (Wildman–Crippen MR) is 108 cm³/mol. The van der Waals surface area contributed by atoms with Crippen LogP contribution in [0.5, 0.6) is 5.75 Å². The second-order valence-electron chi connectivity index (χ2n) is 7.39. The first kappa shape index (κ1) is 20.6. The van der Waals surface area contributed by atoms with Gasteiger partial charge in [-0.25, -0.2) is 0 Å². The minimum atomic E-state index is -0.457. The van der Waals surface area contributed by atoms with Crippen LogP contribution in [-0.2, 0) is 9.59 Å². The molecule has 0 N–H and O–H groups in total. The van der Waals surface area contributed by atoms with Crippen molar-refractivity contribution in [2.75, 3.05) is 39.3 Å². The number of hydrogen-bond acceptors (Lipinski definition) is 4. The predicted octanol–water partition coefficient (Wildman–Crippen LogP) is 2.14. The summed E-state index contributed by atoms with van der Waals surface area (Å²) in [7, 11) is 0. The van der Waals surface area contributed by atoms with Gasteiger partial charge in [-0.05, 0) is 44.9 Å². The van der Waals surface area contributed by atoms with Crippen LogP contribution >= 0.6 is 15.9 Å². The molecule has 0 aliphatic carbocycles. The van der Waals surface area contributed by atoms with Crippen LogP contribution in [0.4, 0.5) is 0 Å².